The summed E-state index contributed by atoms with van der Waals surface area (Å²) in [5.74, 6) is 1.53. The van der Waals surface area contributed by atoms with Crippen molar-refractivity contribution >= 4 is 17.5 Å². The maximum Gasteiger partial charge on any atom is 0.253 e. The van der Waals surface area contributed by atoms with Crippen LogP contribution in [0, 0.1) is 11.8 Å². The molecule has 3 heterocycles. The van der Waals surface area contributed by atoms with E-state index in [0.29, 0.717) is 17.5 Å². The molecule has 0 unspecified atom stereocenters. The van der Waals surface area contributed by atoms with E-state index in [-0.39, 0.29) is 16.7 Å². The topological polar surface area (TPSA) is 43.8 Å². The zero-order valence-electron chi connectivity index (χ0n) is 14.0. The Kier molecular flexibility index (Phi) is 4.44. The Morgan fingerprint density at radius 2 is 2.00 bits per heavy atom. The number of nitrogens with zero attached hydrogens (tertiary/aromatic N) is 2. The molecular formula is C19H25ClN2O2. The van der Waals surface area contributed by atoms with Gasteiger partial charge in [0, 0.05) is 37.8 Å². The summed E-state index contributed by atoms with van der Waals surface area (Å²) < 4.78 is 0. The van der Waals surface area contributed by atoms with E-state index in [1.54, 1.807) is 12.1 Å². The molecule has 130 valence electrons. The number of phenols is 1. The lowest BCUT2D eigenvalue weighted by atomic mass is 9.83. The van der Waals surface area contributed by atoms with Crippen molar-refractivity contribution in [2.45, 2.75) is 38.1 Å². The number of fused-ring (bicyclic) bond motifs is 4. The van der Waals surface area contributed by atoms with Crippen LogP contribution in [-0.2, 0) is 0 Å². The van der Waals surface area contributed by atoms with Gasteiger partial charge in [0.15, 0.2) is 0 Å². The molecule has 1 aromatic carbocycles. The second-order valence-electron chi connectivity index (χ2n) is 7.72. The van der Waals surface area contributed by atoms with Crippen LogP contribution in [0.15, 0.2) is 18.2 Å². The number of amides is 1. The molecule has 1 N–H and O–H groups in total. The maximum atomic E-state index is 12.9. The predicted octanol–water partition coefficient (Wildman–Crippen LogP) is 3.38. The van der Waals surface area contributed by atoms with Crippen LogP contribution in [0.3, 0.4) is 0 Å². The van der Waals surface area contributed by atoms with Crippen LogP contribution >= 0.6 is 11.6 Å². The molecule has 1 saturated carbocycles. The van der Waals surface area contributed by atoms with E-state index in [9.17, 15) is 9.90 Å². The largest absolute Gasteiger partial charge is 0.506 e. The average molecular weight is 349 g/mol. The molecule has 1 aromatic rings. The van der Waals surface area contributed by atoms with Gasteiger partial charge in [0.25, 0.3) is 5.91 Å². The summed E-state index contributed by atoms with van der Waals surface area (Å²) in [6, 6.07) is 5.26. The fourth-order valence-corrected chi connectivity index (χ4v) is 4.58. The number of hydrogen-bond acceptors (Lipinski definition) is 3. The fourth-order valence-electron chi connectivity index (χ4n) is 4.40. The summed E-state index contributed by atoms with van der Waals surface area (Å²) in [5.41, 5.74) is 0.574. The molecule has 5 heteroatoms. The van der Waals surface area contributed by atoms with E-state index in [1.165, 1.54) is 44.7 Å². The van der Waals surface area contributed by atoms with Crippen molar-refractivity contribution in [1.82, 2.24) is 9.80 Å². The second kappa shape index (κ2) is 6.57. The molecule has 24 heavy (non-hydrogen) atoms. The van der Waals surface area contributed by atoms with Gasteiger partial charge in [-0.1, -0.05) is 18.0 Å². The number of carbonyl (C=O) groups is 1. The lowest BCUT2D eigenvalue weighted by Gasteiger charge is -2.40. The monoisotopic (exact) mass is 348 g/mol. The zero-order valence-corrected chi connectivity index (χ0v) is 14.7. The molecule has 0 spiro atoms. The van der Waals surface area contributed by atoms with E-state index >= 15 is 0 Å². The summed E-state index contributed by atoms with van der Waals surface area (Å²) in [5, 5.41) is 9.80. The van der Waals surface area contributed by atoms with E-state index in [4.69, 9.17) is 11.6 Å². The highest BCUT2D eigenvalue weighted by molar-refractivity contribution is 6.32. The summed E-state index contributed by atoms with van der Waals surface area (Å²) in [7, 11) is 0. The average Bonchev–Trinajstić information content (AvgIpc) is 2.84. The molecule has 4 fully saturated rings. The number of aromatic hydroxyl groups is 1. The molecule has 4 nitrogen and oxygen atoms in total. The van der Waals surface area contributed by atoms with Crippen molar-refractivity contribution in [3.63, 3.8) is 0 Å². The third-order valence-electron chi connectivity index (χ3n) is 6.03. The van der Waals surface area contributed by atoms with Gasteiger partial charge < -0.3 is 10.0 Å². The zero-order chi connectivity index (χ0) is 16.7. The highest BCUT2D eigenvalue weighted by atomic mass is 35.5. The number of halogens is 1. The minimum atomic E-state index is 0.0239. The number of phenolic OH excluding ortho intramolecular Hbond substituents is 1. The fraction of sp³-hybridized carbons (Fsp3) is 0.632. The van der Waals surface area contributed by atoms with Gasteiger partial charge in [0.1, 0.15) is 5.75 Å². The first kappa shape index (κ1) is 16.2. The molecule has 3 aliphatic heterocycles. The highest BCUT2D eigenvalue weighted by Gasteiger charge is 2.37. The van der Waals surface area contributed by atoms with Crippen molar-refractivity contribution in [2.75, 3.05) is 26.2 Å². The number of rotatable bonds is 3. The summed E-state index contributed by atoms with van der Waals surface area (Å²) in [6.45, 7) is 4.02. The first-order chi connectivity index (χ1) is 11.6. The maximum absolute atomic E-state index is 12.9. The highest BCUT2D eigenvalue weighted by Crippen LogP contribution is 2.34. The van der Waals surface area contributed by atoms with Crippen molar-refractivity contribution in [3.05, 3.63) is 28.8 Å². The van der Waals surface area contributed by atoms with Crippen molar-refractivity contribution in [3.8, 4) is 5.75 Å². The SMILES string of the molecule is O=C(c1ccc(O)c(Cl)c1)N1C[C@H]2CC[C@@H](C1)N(CC1CCC1)C2. The van der Waals surface area contributed by atoms with E-state index in [2.05, 4.69) is 4.90 Å². The van der Waals surface area contributed by atoms with Gasteiger partial charge in [-0.2, -0.15) is 0 Å². The van der Waals surface area contributed by atoms with E-state index < -0.39 is 0 Å². The summed E-state index contributed by atoms with van der Waals surface area (Å²) in [6.07, 6.45) is 6.58. The lowest BCUT2D eigenvalue weighted by molar-refractivity contribution is 0.0717. The van der Waals surface area contributed by atoms with Crippen LogP contribution in [0.5, 0.6) is 5.75 Å². The molecule has 4 aliphatic rings. The molecule has 2 atom stereocenters. The molecular weight excluding hydrogens is 324 g/mol. The Morgan fingerprint density at radius 3 is 2.71 bits per heavy atom. The Hall–Kier alpha value is -1.26. The van der Waals surface area contributed by atoms with Gasteiger partial charge in [-0.15, -0.1) is 0 Å². The second-order valence-corrected chi connectivity index (χ2v) is 8.13. The Bertz CT molecular complexity index is 632. The smallest absolute Gasteiger partial charge is 0.253 e. The first-order valence-corrected chi connectivity index (χ1v) is 9.50. The number of benzene rings is 1. The van der Waals surface area contributed by atoms with Crippen molar-refractivity contribution < 1.29 is 9.90 Å². The van der Waals surface area contributed by atoms with Gasteiger partial charge in [0.05, 0.1) is 5.02 Å². The molecule has 0 aromatic heterocycles. The van der Waals surface area contributed by atoms with Crippen molar-refractivity contribution in [2.24, 2.45) is 11.8 Å². The van der Waals surface area contributed by atoms with Crippen LogP contribution < -0.4 is 0 Å². The molecule has 5 rings (SSSR count). The van der Waals surface area contributed by atoms with Crippen LogP contribution in [0.1, 0.15) is 42.5 Å². The standard InChI is InChI=1S/C19H25ClN2O2/c20-17-8-15(5-7-18(17)23)19(24)22-11-14-4-6-16(12-22)21(10-14)9-13-2-1-3-13/h5,7-8,13-14,16,23H,1-4,6,9-12H2/t14-,16-/m0/s1. The Labute approximate surface area is 148 Å². The van der Waals surface area contributed by atoms with Gasteiger partial charge >= 0.3 is 0 Å². The lowest BCUT2D eigenvalue weighted by Crippen LogP contribution is -2.47. The Balaban J connectivity index is 1.48. The van der Waals surface area contributed by atoms with Crippen LogP contribution in [0.4, 0.5) is 0 Å². The van der Waals surface area contributed by atoms with Gasteiger partial charge in [0.2, 0.25) is 0 Å². The Morgan fingerprint density at radius 1 is 1.17 bits per heavy atom. The molecule has 1 amide bonds. The molecule has 0 radical (unpaired) electrons. The van der Waals surface area contributed by atoms with Gasteiger partial charge in [-0.3, -0.25) is 9.69 Å². The van der Waals surface area contributed by atoms with Crippen LogP contribution in [0.2, 0.25) is 5.02 Å². The molecule has 1 aliphatic carbocycles. The normalized spacial score (nSPS) is 27.8. The minimum absolute atomic E-state index is 0.0239. The molecule has 2 bridgehead atoms. The van der Waals surface area contributed by atoms with E-state index in [0.717, 1.165) is 25.6 Å². The summed E-state index contributed by atoms with van der Waals surface area (Å²) >= 11 is 5.97. The van der Waals surface area contributed by atoms with Crippen LogP contribution in [-0.4, -0.2) is 53.0 Å². The summed E-state index contributed by atoms with van der Waals surface area (Å²) in [4.78, 5) is 17.6. The minimum Gasteiger partial charge on any atom is -0.506 e. The first-order valence-electron chi connectivity index (χ1n) is 9.12. The van der Waals surface area contributed by atoms with Crippen LogP contribution in [0.25, 0.3) is 0 Å². The van der Waals surface area contributed by atoms with Gasteiger partial charge in [-0.05, 0) is 55.7 Å². The number of carbonyl (C=O) groups excluding carboxylic acids is 1. The van der Waals surface area contributed by atoms with E-state index in [1.807, 2.05) is 4.90 Å². The number of hydrogen-bond donors (Lipinski definition) is 1. The van der Waals surface area contributed by atoms with Crippen molar-refractivity contribution in [1.29, 1.82) is 0 Å². The number of piperidine rings is 1. The third-order valence-corrected chi connectivity index (χ3v) is 6.33. The third kappa shape index (κ3) is 3.14. The quantitative estimate of drug-likeness (QED) is 0.910. The van der Waals surface area contributed by atoms with Gasteiger partial charge in [-0.25, -0.2) is 0 Å². The predicted molar refractivity (Wildman–Crippen MR) is 94.4 cm³/mol. The molecule has 3 saturated heterocycles.